The fourth-order valence-electron chi connectivity index (χ4n) is 5.99. The van der Waals surface area contributed by atoms with Gasteiger partial charge in [0.1, 0.15) is 11.5 Å². The van der Waals surface area contributed by atoms with Gasteiger partial charge in [-0.3, -0.25) is 4.79 Å². The number of hydrogen-bond donors (Lipinski definition) is 1. The minimum atomic E-state index is -0.116. The number of carbonyl (C=O) groups excluding carboxylic acids is 1. The number of amides is 1. The van der Waals surface area contributed by atoms with Gasteiger partial charge in [-0.2, -0.15) is 0 Å². The summed E-state index contributed by atoms with van der Waals surface area (Å²) in [4.78, 5) is 13.3. The summed E-state index contributed by atoms with van der Waals surface area (Å²) in [6.45, 7) is 2.04. The summed E-state index contributed by atoms with van der Waals surface area (Å²) in [5.41, 5.74) is 0.856. The van der Waals surface area contributed by atoms with Crippen LogP contribution in [-0.4, -0.2) is 20.1 Å². The lowest BCUT2D eigenvalue weighted by atomic mass is 9.49. The molecule has 4 heteroatoms. The van der Waals surface area contributed by atoms with Crippen molar-refractivity contribution >= 4 is 5.91 Å². The molecule has 1 atom stereocenters. The topological polar surface area (TPSA) is 47.6 Å². The van der Waals surface area contributed by atoms with Crippen LogP contribution in [0.3, 0.4) is 0 Å². The van der Waals surface area contributed by atoms with E-state index in [1.165, 1.54) is 19.3 Å². The van der Waals surface area contributed by atoms with Crippen LogP contribution in [0.2, 0.25) is 0 Å². The molecule has 0 unspecified atom stereocenters. The van der Waals surface area contributed by atoms with Crippen molar-refractivity contribution < 1.29 is 14.3 Å². The summed E-state index contributed by atoms with van der Waals surface area (Å²) >= 11 is 0. The zero-order valence-electron chi connectivity index (χ0n) is 15.5. The molecule has 4 nitrogen and oxygen atoms in total. The van der Waals surface area contributed by atoms with Crippen LogP contribution in [-0.2, 0) is 4.79 Å². The van der Waals surface area contributed by atoms with Crippen LogP contribution in [0.25, 0.3) is 0 Å². The number of carbonyl (C=O) groups is 1. The van der Waals surface area contributed by atoms with E-state index < -0.39 is 0 Å². The Morgan fingerprint density at radius 2 is 1.68 bits per heavy atom. The molecule has 0 spiro atoms. The lowest BCUT2D eigenvalue weighted by Crippen LogP contribution is -2.53. The maximum Gasteiger partial charge on any atom is 0.226 e. The average Bonchev–Trinajstić information content (AvgIpc) is 2.59. The van der Waals surface area contributed by atoms with Gasteiger partial charge < -0.3 is 14.8 Å². The Labute approximate surface area is 150 Å². The standard InChI is InChI=1S/C21H29NO3/c1-13(18-9-17(24-2)4-5-19(18)25-3)22-20(23)21-10-14-6-15(11-21)8-16(7-14)12-21/h4-5,9,13-16H,6-8,10-12H2,1-3H3,(H,22,23)/t13-,14?,15?,16?,21?/m0/s1. The summed E-state index contributed by atoms with van der Waals surface area (Å²) in [6, 6.07) is 5.66. The van der Waals surface area contributed by atoms with Gasteiger partial charge in [0.15, 0.2) is 0 Å². The Kier molecular flexibility index (Phi) is 4.17. The highest BCUT2D eigenvalue weighted by atomic mass is 16.5. The Morgan fingerprint density at radius 1 is 1.08 bits per heavy atom. The maximum atomic E-state index is 13.3. The minimum absolute atomic E-state index is 0.0921. The zero-order chi connectivity index (χ0) is 17.6. The van der Waals surface area contributed by atoms with Gasteiger partial charge in [0.25, 0.3) is 0 Å². The normalized spacial score (nSPS) is 33.8. The third-order valence-corrected chi connectivity index (χ3v) is 6.77. The molecule has 136 valence electrons. The Hall–Kier alpha value is -1.71. The quantitative estimate of drug-likeness (QED) is 0.876. The first kappa shape index (κ1) is 16.7. The van der Waals surface area contributed by atoms with Crippen molar-refractivity contribution in [3.05, 3.63) is 23.8 Å². The maximum absolute atomic E-state index is 13.3. The molecule has 1 aromatic rings. The summed E-state index contributed by atoms with van der Waals surface area (Å²) in [5.74, 6) is 4.16. The molecule has 0 aliphatic heterocycles. The molecule has 0 saturated heterocycles. The molecular formula is C21H29NO3. The highest BCUT2D eigenvalue weighted by Gasteiger charge is 2.54. The molecule has 4 aliphatic carbocycles. The van der Waals surface area contributed by atoms with Gasteiger partial charge in [-0.15, -0.1) is 0 Å². The molecule has 4 fully saturated rings. The van der Waals surface area contributed by atoms with E-state index in [9.17, 15) is 4.79 Å². The van der Waals surface area contributed by atoms with E-state index >= 15 is 0 Å². The monoisotopic (exact) mass is 343 g/mol. The Bertz CT molecular complexity index is 634. The summed E-state index contributed by atoms with van der Waals surface area (Å²) in [7, 11) is 3.32. The van der Waals surface area contributed by atoms with Gasteiger partial charge in [0.2, 0.25) is 5.91 Å². The van der Waals surface area contributed by atoms with E-state index in [2.05, 4.69) is 5.32 Å². The molecule has 4 bridgehead atoms. The van der Waals surface area contributed by atoms with Gasteiger partial charge in [-0.1, -0.05) is 0 Å². The van der Waals surface area contributed by atoms with Crippen LogP contribution in [0.15, 0.2) is 18.2 Å². The predicted octanol–water partition coefficient (Wildman–Crippen LogP) is 4.10. The second kappa shape index (κ2) is 6.22. The van der Waals surface area contributed by atoms with E-state index in [1.807, 2.05) is 25.1 Å². The van der Waals surface area contributed by atoms with E-state index in [1.54, 1.807) is 14.2 Å². The fraction of sp³-hybridized carbons (Fsp3) is 0.667. The van der Waals surface area contributed by atoms with Crippen LogP contribution in [0.1, 0.15) is 57.1 Å². The molecule has 0 aromatic heterocycles. The van der Waals surface area contributed by atoms with Crippen LogP contribution < -0.4 is 14.8 Å². The number of rotatable bonds is 5. The first-order chi connectivity index (χ1) is 12.0. The summed E-state index contributed by atoms with van der Waals surface area (Å²) < 4.78 is 10.8. The van der Waals surface area contributed by atoms with Gasteiger partial charge in [0, 0.05) is 11.0 Å². The van der Waals surface area contributed by atoms with Gasteiger partial charge in [0.05, 0.1) is 20.3 Å². The van der Waals surface area contributed by atoms with Gasteiger partial charge in [-0.25, -0.2) is 0 Å². The molecule has 4 aliphatic rings. The number of benzene rings is 1. The molecule has 5 rings (SSSR count). The first-order valence-corrected chi connectivity index (χ1v) is 9.56. The first-order valence-electron chi connectivity index (χ1n) is 9.56. The van der Waals surface area contributed by atoms with Crippen molar-refractivity contribution in [3.8, 4) is 11.5 Å². The molecular weight excluding hydrogens is 314 g/mol. The van der Waals surface area contributed by atoms with Crippen LogP contribution in [0.4, 0.5) is 0 Å². The third-order valence-electron chi connectivity index (χ3n) is 6.77. The van der Waals surface area contributed by atoms with Gasteiger partial charge in [-0.05, 0) is 81.4 Å². The molecule has 1 amide bonds. The largest absolute Gasteiger partial charge is 0.497 e. The van der Waals surface area contributed by atoms with Crippen LogP contribution in [0, 0.1) is 23.2 Å². The summed E-state index contributed by atoms with van der Waals surface area (Å²) in [6.07, 6.45) is 7.33. The predicted molar refractivity (Wildman–Crippen MR) is 96.7 cm³/mol. The summed E-state index contributed by atoms with van der Waals surface area (Å²) in [5, 5.41) is 3.30. The number of hydrogen-bond acceptors (Lipinski definition) is 3. The fourth-order valence-corrected chi connectivity index (χ4v) is 5.99. The zero-order valence-corrected chi connectivity index (χ0v) is 15.5. The molecule has 1 aromatic carbocycles. The molecule has 25 heavy (non-hydrogen) atoms. The lowest BCUT2D eigenvalue weighted by Gasteiger charge is -2.55. The minimum Gasteiger partial charge on any atom is -0.497 e. The van der Waals surface area contributed by atoms with E-state index in [4.69, 9.17) is 9.47 Å². The lowest BCUT2D eigenvalue weighted by molar-refractivity contribution is -0.147. The molecule has 4 saturated carbocycles. The van der Waals surface area contributed by atoms with Crippen LogP contribution >= 0.6 is 0 Å². The smallest absolute Gasteiger partial charge is 0.226 e. The number of ether oxygens (including phenoxy) is 2. The second-order valence-corrected chi connectivity index (χ2v) is 8.50. The van der Waals surface area contributed by atoms with Crippen molar-refractivity contribution in [1.29, 1.82) is 0 Å². The molecule has 0 radical (unpaired) electrons. The molecule has 0 heterocycles. The number of nitrogens with one attached hydrogen (secondary N) is 1. The van der Waals surface area contributed by atoms with Gasteiger partial charge >= 0.3 is 0 Å². The number of methoxy groups -OCH3 is 2. The second-order valence-electron chi connectivity index (χ2n) is 8.50. The average molecular weight is 343 g/mol. The highest BCUT2D eigenvalue weighted by molar-refractivity contribution is 5.83. The SMILES string of the molecule is COc1ccc(OC)c([C@H](C)NC(=O)C23CC4CC(CC(C4)C2)C3)c1. The van der Waals surface area contributed by atoms with Crippen molar-refractivity contribution in [2.24, 2.45) is 23.2 Å². The van der Waals surface area contributed by atoms with Crippen LogP contribution in [0.5, 0.6) is 11.5 Å². The van der Waals surface area contributed by atoms with Crippen molar-refractivity contribution in [3.63, 3.8) is 0 Å². The van der Waals surface area contributed by atoms with Crippen molar-refractivity contribution in [2.75, 3.05) is 14.2 Å². The van der Waals surface area contributed by atoms with E-state index in [0.29, 0.717) is 0 Å². The van der Waals surface area contributed by atoms with Crippen molar-refractivity contribution in [2.45, 2.75) is 51.5 Å². The molecule has 1 N–H and O–H groups in total. The Morgan fingerprint density at radius 3 is 2.20 bits per heavy atom. The van der Waals surface area contributed by atoms with Crippen molar-refractivity contribution in [1.82, 2.24) is 5.32 Å². The Balaban J connectivity index is 1.53. The van der Waals surface area contributed by atoms with E-state index in [0.717, 1.165) is 54.1 Å². The highest BCUT2D eigenvalue weighted by Crippen LogP contribution is 2.60. The van der Waals surface area contributed by atoms with E-state index in [-0.39, 0.29) is 17.4 Å². The third kappa shape index (κ3) is 2.90.